The largest absolute Gasteiger partial charge is 0.318 e. The molecule has 1 saturated heterocycles. The first kappa shape index (κ1) is 13.3. The van der Waals surface area contributed by atoms with Crippen molar-refractivity contribution in [3.05, 3.63) is 48.3 Å². The van der Waals surface area contributed by atoms with Crippen molar-refractivity contribution in [1.82, 2.24) is 20.0 Å². The lowest BCUT2D eigenvalue weighted by Gasteiger charge is -2.24. The summed E-state index contributed by atoms with van der Waals surface area (Å²) in [5, 5.41) is 7.78. The molecule has 4 nitrogen and oxygen atoms in total. The van der Waals surface area contributed by atoms with Crippen molar-refractivity contribution in [1.29, 1.82) is 0 Å². The van der Waals surface area contributed by atoms with E-state index in [-0.39, 0.29) is 0 Å². The highest BCUT2D eigenvalue weighted by Crippen LogP contribution is 2.20. The van der Waals surface area contributed by atoms with E-state index >= 15 is 0 Å². The van der Waals surface area contributed by atoms with Gasteiger partial charge in [0.25, 0.3) is 0 Å². The Morgan fingerprint density at radius 1 is 1.25 bits per heavy atom. The van der Waals surface area contributed by atoms with Crippen LogP contribution in [0.4, 0.5) is 0 Å². The molecule has 4 heteroatoms. The fourth-order valence-corrected chi connectivity index (χ4v) is 3.03. The standard InChI is InChI=1S/C16H22N4/c1-17-12-15-8-5-11-19(15)13-16-9-10-18-20(16)14-6-3-2-4-7-14/h2-4,6-7,9-10,15,17H,5,8,11-13H2,1H3. The molecule has 2 aromatic rings. The minimum absolute atomic E-state index is 0.652. The minimum atomic E-state index is 0.652. The van der Waals surface area contributed by atoms with Gasteiger partial charge < -0.3 is 5.32 Å². The normalized spacial score (nSPS) is 19.6. The van der Waals surface area contributed by atoms with Crippen LogP contribution in [0.25, 0.3) is 5.69 Å². The smallest absolute Gasteiger partial charge is 0.0649 e. The van der Waals surface area contributed by atoms with Crippen LogP contribution in [0.5, 0.6) is 0 Å². The molecule has 0 bridgehead atoms. The number of hydrogen-bond acceptors (Lipinski definition) is 3. The van der Waals surface area contributed by atoms with Crippen LogP contribution in [0, 0.1) is 0 Å². The fraction of sp³-hybridized carbons (Fsp3) is 0.438. The van der Waals surface area contributed by atoms with E-state index in [9.17, 15) is 0 Å². The van der Waals surface area contributed by atoms with Crippen LogP contribution in [0.1, 0.15) is 18.5 Å². The van der Waals surface area contributed by atoms with Crippen LogP contribution in [-0.4, -0.2) is 40.9 Å². The summed E-state index contributed by atoms with van der Waals surface area (Å²) in [5.41, 5.74) is 2.40. The number of benzene rings is 1. The van der Waals surface area contributed by atoms with E-state index in [2.05, 4.69) is 50.3 Å². The van der Waals surface area contributed by atoms with E-state index in [4.69, 9.17) is 0 Å². The van der Waals surface area contributed by atoms with E-state index in [1.54, 1.807) is 0 Å². The molecule has 1 aliphatic heterocycles. The van der Waals surface area contributed by atoms with Crippen molar-refractivity contribution >= 4 is 0 Å². The van der Waals surface area contributed by atoms with Crippen molar-refractivity contribution in [2.24, 2.45) is 0 Å². The second-order valence-corrected chi connectivity index (χ2v) is 5.39. The maximum absolute atomic E-state index is 4.47. The van der Waals surface area contributed by atoms with Crippen molar-refractivity contribution < 1.29 is 0 Å². The van der Waals surface area contributed by atoms with Gasteiger partial charge in [-0.3, -0.25) is 4.90 Å². The average Bonchev–Trinajstić information content (AvgIpc) is 3.11. The van der Waals surface area contributed by atoms with Gasteiger partial charge in [0.15, 0.2) is 0 Å². The molecule has 1 aromatic carbocycles. The van der Waals surface area contributed by atoms with Crippen molar-refractivity contribution in [3.8, 4) is 5.69 Å². The molecule has 20 heavy (non-hydrogen) atoms. The Hall–Kier alpha value is -1.65. The van der Waals surface area contributed by atoms with E-state index in [1.165, 1.54) is 25.1 Å². The zero-order valence-corrected chi connectivity index (χ0v) is 12.0. The molecular formula is C16H22N4. The van der Waals surface area contributed by atoms with Crippen LogP contribution < -0.4 is 5.32 Å². The number of nitrogens with one attached hydrogen (secondary N) is 1. The highest BCUT2D eigenvalue weighted by atomic mass is 15.3. The summed E-state index contributed by atoms with van der Waals surface area (Å²) < 4.78 is 2.05. The molecule has 1 aliphatic rings. The molecule has 1 atom stereocenters. The zero-order valence-electron chi connectivity index (χ0n) is 12.0. The maximum atomic E-state index is 4.47. The molecule has 0 radical (unpaired) electrons. The Bertz CT molecular complexity index is 534. The van der Waals surface area contributed by atoms with E-state index in [0.29, 0.717) is 6.04 Å². The second kappa shape index (κ2) is 6.20. The maximum Gasteiger partial charge on any atom is 0.0649 e. The van der Waals surface area contributed by atoms with Gasteiger partial charge in [0.2, 0.25) is 0 Å². The SMILES string of the molecule is CNCC1CCCN1Cc1ccnn1-c1ccccc1. The molecular weight excluding hydrogens is 248 g/mol. The molecule has 1 unspecified atom stereocenters. The molecule has 3 rings (SSSR count). The van der Waals surface area contributed by atoms with Crippen LogP contribution in [-0.2, 0) is 6.54 Å². The number of likely N-dealkylation sites (tertiary alicyclic amines) is 1. The molecule has 0 saturated carbocycles. The van der Waals surface area contributed by atoms with Gasteiger partial charge in [0.05, 0.1) is 11.4 Å². The molecule has 0 amide bonds. The summed E-state index contributed by atoms with van der Waals surface area (Å²) in [5.74, 6) is 0. The van der Waals surface area contributed by atoms with Gasteiger partial charge in [-0.15, -0.1) is 0 Å². The number of para-hydroxylation sites is 1. The summed E-state index contributed by atoms with van der Waals surface area (Å²) >= 11 is 0. The van der Waals surface area contributed by atoms with E-state index < -0.39 is 0 Å². The summed E-state index contributed by atoms with van der Waals surface area (Å²) in [4.78, 5) is 2.56. The number of rotatable bonds is 5. The van der Waals surface area contributed by atoms with Gasteiger partial charge in [0.1, 0.15) is 0 Å². The lowest BCUT2D eigenvalue weighted by molar-refractivity contribution is 0.237. The predicted octanol–water partition coefficient (Wildman–Crippen LogP) is 2.06. The van der Waals surface area contributed by atoms with Gasteiger partial charge in [-0.25, -0.2) is 4.68 Å². The topological polar surface area (TPSA) is 33.1 Å². The quantitative estimate of drug-likeness (QED) is 0.903. The zero-order chi connectivity index (χ0) is 13.8. The molecule has 2 heterocycles. The van der Waals surface area contributed by atoms with Crippen molar-refractivity contribution in [2.45, 2.75) is 25.4 Å². The monoisotopic (exact) mass is 270 g/mol. The molecule has 1 aromatic heterocycles. The van der Waals surface area contributed by atoms with Crippen molar-refractivity contribution in [3.63, 3.8) is 0 Å². The minimum Gasteiger partial charge on any atom is -0.318 e. The predicted molar refractivity (Wildman–Crippen MR) is 80.9 cm³/mol. The highest BCUT2D eigenvalue weighted by molar-refractivity contribution is 5.32. The Labute approximate surface area is 120 Å². The lowest BCUT2D eigenvalue weighted by Crippen LogP contribution is -2.36. The first-order chi connectivity index (χ1) is 9.88. The van der Waals surface area contributed by atoms with Crippen LogP contribution in [0.2, 0.25) is 0 Å². The molecule has 0 spiro atoms. The van der Waals surface area contributed by atoms with Crippen LogP contribution in [0.15, 0.2) is 42.6 Å². The van der Waals surface area contributed by atoms with E-state index in [1.807, 2.05) is 19.3 Å². The number of hydrogen-bond donors (Lipinski definition) is 1. The van der Waals surface area contributed by atoms with Gasteiger partial charge >= 0.3 is 0 Å². The third kappa shape index (κ3) is 2.76. The summed E-state index contributed by atoms with van der Waals surface area (Å²) in [7, 11) is 2.03. The first-order valence-electron chi connectivity index (χ1n) is 7.35. The second-order valence-electron chi connectivity index (χ2n) is 5.39. The van der Waals surface area contributed by atoms with Gasteiger partial charge in [0, 0.05) is 25.3 Å². The Morgan fingerprint density at radius 2 is 2.10 bits per heavy atom. The average molecular weight is 270 g/mol. The summed E-state index contributed by atoms with van der Waals surface area (Å²) in [6.45, 7) is 3.23. The Kier molecular flexibility index (Phi) is 4.14. The molecule has 106 valence electrons. The van der Waals surface area contributed by atoms with Crippen LogP contribution in [0.3, 0.4) is 0 Å². The molecule has 1 fully saturated rings. The third-order valence-electron chi connectivity index (χ3n) is 4.03. The third-order valence-corrected chi connectivity index (χ3v) is 4.03. The number of aromatic nitrogens is 2. The Morgan fingerprint density at radius 3 is 2.90 bits per heavy atom. The first-order valence-corrected chi connectivity index (χ1v) is 7.35. The number of likely N-dealkylation sites (N-methyl/N-ethyl adjacent to an activating group) is 1. The number of nitrogens with zero attached hydrogens (tertiary/aromatic N) is 3. The molecule has 0 aliphatic carbocycles. The fourth-order valence-electron chi connectivity index (χ4n) is 3.03. The lowest BCUT2D eigenvalue weighted by atomic mass is 10.2. The van der Waals surface area contributed by atoms with Crippen LogP contribution >= 0.6 is 0 Å². The summed E-state index contributed by atoms with van der Waals surface area (Å²) in [6, 6.07) is 13.1. The van der Waals surface area contributed by atoms with Gasteiger partial charge in [-0.05, 0) is 44.6 Å². The van der Waals surface area contributed by atoms with E-state index in [0.717, 1.165) is 18.8 Å². The van der Waals surface area contributed by atoms with Gasteiger partial charge in [-0.2, -0.15) is 5.10 Å². The molecule has 1 N–H and O–H groups in total. The van der Waals surface area contributed by atoms with Crippen molar-refractivity contribution in [2.75, 3.05) is 20.1 Å². The Balaban J connectivity index is 1.77. The van der Waals surface area contributed by atoms with Gasteiger partial charge in [-0.1, -0.05) is 18.2 Å². The highest BCUT2D eigenvalue weighted by Gasteiger charge is 2.24. The summed E-state index contributed by atoms with van der Waals surface area (Å²) in [6.07, 6.45) is 4.48.